The minimum atomic E-state index is -5.72. The number of thiazole rings is 1. The molecule has 0 radical (unpaired) electrons. The molecule has 0 aliphatic heterocycles. The third-order valence-electron chi connectivity index (χ3n) is 3.70. The zero-order chi connectivity index (χ0) is 19.8. The molecule has 0 aliphatic carbocycles. The van der Waals surface area contributed by atoms with Crippen molar-refractivity contribution in [3.63, 3.8) is 0 Å². The summed E-state index contributed by atoms with van der Waals surface area (Å²) < 4.78 is 25.3. The predicted molar refractivity (Wildman–Crippen MR) is 102 cm³/mol. The SMILES string of the molecule is Cc1csc(Nc2ccc(Br)cc2)[n+]1CCC(O)(P(=O)([O-])O)P(=O)(O)O.O. The average molecular weight is 505 g/mol. The summed E-state index contributed by atoms with van der Waals surface area (Å²) in [5.74, 6) is 0. The normalized spacial score (nSPS) is 16.1. The summed E-state index contributed by atoms with van der Waals surface area (Å²) in [7, 11) is -11.3. The van der Waals surface area contributed by atoms with E-state index in [9.17, 15) is 28.9 Å². The number of halogens is 1. The van der Waals surface area contributed by atoms with E-state index >= 15 is 0 Å². The van der Waals surface area contributed by atoms with Gasteiger partial charge in [-0.05, 0) is 31.2 Å². The lowest BCUT2D eigenvalue weighted by Gasteiger charge is -2.35. The van der Waals surface area contributed by atoms with Gasteiger partial charge in [0.25, 0.3) is 0 Å². The van der Waals surface area contributed by atoms with E-state index in [0.29, 0.717) is 10.8 Å². The van der Waals surface area contributed by atoms with E-state index in [1.54, 1.807) is 29.0 Å². The molecule has 152 valence electrons. The molecule has 0 amide bonds. The van der Waals surface area contributed by atoms with Crippen LogP contribution in [-0.2, 0) is 15.7 Å². The number of rotatable bonds is 7. The van der Waals surface area contributed by atoms with Gasteiger partial charge in [-0.2, -0.15) is 0 Å². The average Bonchev–Trinajstić information content (AvgIpc) is 2.85. The van der Waals surface area contributed by atoms with Crippen molar-refractivity contribution in [3.8, 4) is 0 Å². The largest absolute Gasteiger partial charge is 0.776 e. The Morgan fingerprint density at radius 2 is 1.81 bits per heavy atom. The Balaban J connectivity index is 0.00000364. The van der Waals surface area contributed by atoms with Gasteiger partial charge in [-0.3, -0.25) is 4.57 Å². The number of aliphatic hydroxyl groups is 1. The first kappa shape index (κ1) is 24.4. The second-order valence-corrected chi connectivity index (χ2v) is 11.3. The van der Waals surface area contributed by atoms with Crippen molar-refractivity contribution in [3.05, 3.63) is 39.8 Å². The Labute approximate surface area is 167 Å². The molecule has 2 atom stereocenters. The molecule has 27 heavy (non-hydrogen) atoms. The maximum Gasteiger partial charge on any atom is 0.365 e. The minimum absolute atomic E-state index is 0. The van der Waals surface area contributed by atoms with Gasteiger partial charge in [-0.1, -0.05) is 27.3 Å². The molecule has 1 aromatic carbocycles. The van der Waals surface area contributed by atoms with Crippen LogP contribution < -0.4 is 14.8 Å². The van der Waals surface area contributed by atoms with Gasteiger partial charge in [0.05, 0.1) is 6.54 Å². The number of anilines is 2. The van der Waals surface area contributed by atoms with Crippen LogP contribution in [0.4, 0.5) is 10.8 Å². The van der Waals surface area contributed by atoms with Gasteiger partial charge < -0.3 is 34.7 Å². The van der Waals surface area contributed by atoms with E-state index in [0.717, 1.165) is 10.2 Å². The van der Waals surface area contributed by atoms with Crippen molar-refractivity contribution in [1.82, 2.24) is 0 Å². The lowest BCUT2D eigenvalue weighted by Crippen LogP contribution is -2.43. The quantitative estimate of drug-likeness (QED) is 0.270. The van der Waals surface area contributed by atoms with Crippen molar-refractivity contribution in [2.45, 2.75) is 25.0 Å². The second kappa shape index (κ2) is 8.79. The van der Waals surface area contributed by atoms with Gasteiger partial charge in [0.2, 0.25) is 5.08 Å². The van der Waals surface area contributed by atoms with Gasteiger partial charge >= 0.3 is 12.7 Å². The van der Waals surface area contributed by atoms with Crippen LogP contribution >= 0.6 is 42.5 Å². The van der Waals surface area contributed by atoms with Crippen molar-refractivity contribution in [1.29, 1.82) is 0 Å². The Kier molecular flexibility index (Phi) is 7.94. The first-order chi connectivity index (χ1) is 11.8. The summed E-state index contributed by atoms with van der Waals surface area (Å²) in [6, 6.07) is 7.24. The molecule has 2 rings (SSSR count). The van der Waals surface area contributed by atoms with Crippen LogP contribution in [0.25, 0.3) is 0 Å². The molecular weight excluding hydrogens is 486 g/mol. The lowest BCUT2D eigenvalue weighted by molar-refractivity contribution is -0.686. The van der Waals surface area contributed by atoms with Crippen LogP contribution in [0.1, 0.15) is 12.1 Å². The Morgan fingerprint density at radius 3 is 2.30 bits per heavy atom. The fourth-order valence-corrected chi connectivity index (χ4v) is 5.48. The first-order valence-electron chi connectivity index (χ1n) is 7.17. The van der Waals surface area contributed by atoms with Crippen molar-refractivity contribution in [2.75, 3.05) is 5.32 Å². The smallest absolute Gasteiger partial charge is 0.365 e. The number of nitrogens with one attached hydrogen (secondary N) is 1. The van der Waals surface area contributed by atoms with Gasteiger partial charge in [-0.25, -0.2) is 9.88 Å². The van der Waals surface area contributed by atoms with E-state index in [1.807, 2.05) is 12.1 Å². The maximum absolute atomic E-state index is 11.4. The Morgan fingerprint density at radius 1 is 1.26 bits per heavy atom. The third-order valence-corrected chi connectivity index (χ3v) is 9.06. The summed E-state index contributed by atoms with van der Waals surface area (Å²) in [6.07, 6.45) is -0.883. The van der Waals surface area contributed by atoms with E-state index in [4.69, 9.17) is 4.89 Å². The highest BCUT2D eigenvalue weighted by Crippen LogP contribution is 2.66. The standard InChI is InChI=1S/C13H17BrN2O7P2S.H2O/c1-9-8-26-12(15-11-4-2-10(14)3-5-11)16(9)7-6-13(17,24(18,19)20)25(21,22)23;/h2-5,8,17H,6-7H2,1H3,(H4,18,19,20,21,22,23);1H2. The topological polar surface area (TPSA) is 186 Å². The molecular formula is C13H19BrN2O8P2S. The lowest BCUT2D eigenvalue weighted by atomic mass is 10.3. The van der Waals surface area contributed by atoms with Crippen molar-refractivity contribution in [2.24, 2.45) is 0 Å². The van der Waals surface area contributed by atoms with Crippen LogP contribution in [0.3, 0.4) is 0 Å². The molecule has 1 heterocycles. The summed E-state index contributed by atoms with van der Waals surface area (Å²) >= 11 is 4.62. The summed E-state index contributed by atoms with van der Waals surface area (Å²) in [5.41, 5.74) is 1.42. The van der Waals surface area contributed by atoms with Gasteiger partial charge in [0.1, 0.15) is 11.4 Å². The fraction of sp³-hybridized carbons (Fsp3) is 0.308. The zero-order valence-corrected chi connectivity index (χ0v) is 18.1. The van der Waals surface area contributed by atoms with Crippen LogP contribution in [0.5, 0.6) is 0 Å². The molecule has 0 saturated carbocycles. The molecule has 7 N–H and O–H groups in total. The van der Waals surface area contributed by atoms with E-state index in [-0.39, 0.29) is 12.0 Å². The second-order valence-electron chi connectivity index (χ2n) is 5.55. The molecule has 1 aromatic heterocycles. The molecule has 0 spiro atoms. The van der Waals surface area contributed by atoms with Gasteiger partial charge in [0.15, 0.2) is 7.60 Å². The Hall–Kier alpha value is -0.650. The minimum Gasteiger partial charge on any atom is -0.776 e. The van der Waals surface area contributed by atoms with Crippen molar-refractivity contribution < 1.29 is 43.9 Å². The van der Waals surface area contributed by atoms with Gasteiger partial charge in [0, 0.05) is 16.3 Å². The highest BCUT2D eigenvalue weighted by Gasteiger charge is 2.53. The predicted octanol–water partition coefficient (Wildman–Crippen LogP) is 0.785. The number of aromatic nitrogens is 1. The van der Waals surface area contributed by atoms with E-state index < -0.39 is 26.7 Å². The van der Waals surface area contributed by atoms with Crippen molar-refractivity contribution >= 4 is 53.3 Å². The molecule has 0 aliphatic rings. The molecule has 0 bridgehead atoms. The number of hydrogen-bond acceptors (Lipinski definition) is 6. The number of hydrogen-bond donors (Lipinski definition) is 5. The number of aryl methyl sites for hydroxylation is 1. The fourth-order valence-electron chi connectivity index (χ4n) is 2.17. The highest BCUT2D eigenvalue weighted by molar-refractivity contribution is 9.10. The first-order valence-corrected chi connectivity index (χ1v) is 12.0. The highest BCUT2D eigenvalue weighted by atomic mass is 79.9. The van der Waals surface area contributed by atoms with Crippen LogP contribution in [0.2, 0.25) is 0 Å². The van der Waals surface area contributed by atoms with Crippen LogP contribution in [0, 0.1) is 6.92 Å². The number of benzene rings is 1. The van der Waals surface area contributed by atoms with Crippen LogP contribution in [0.15, 0.2) is 34.1 Å². The maximum atomic E-state index is 11.4. The molecule has 2 aromatic rings. The molecule has 14 heteroatoms. The summed E-state index contributed by atoms with van der Waals surface area (Å²) in [5, 5.41) is 11.8. The molecule has 0 fully saturated rings. The van der Waals surface area contributed by atoms with Crippen LogP contribution in [-0.4, -0.2) is 30.3 Å². The summed E-state index contributed by atoms with van der Waals surface area (Å²) in [4.78, 5) is 38.9. The molecule has 2 unspecified atom stereocenters. The molecule has 10 nitrogen and oxygen atoms in total. The van der Waals surface area contributed by atoms with Gasteiger partial charge in [-0.15, -0.1) is 0 Å². The molecule has 0 saturated heterocycles. The monoisotopic (exact) mass is 504 g/mol. The zero-order valence-electron chi connectivity index (χ0n) is 13.9. The third kappa shape index (κ3) is 5.45. The summed E-state index contributed by atoms with van der Waals surface area (Å²) in [6.45, 7) is 1.47. The van der Waals surface area contributed by atoms with E-state index in [1.165, 1.54) is 11.3 Å². The Bertz CT molecular complexity index is 857. The number of nitrogens with zero attached hydrogens (tertiary/aromatic N) is 1. The van der Waals surface area contributed by atoms with E-state index in [2.05, 4.69) is 21.2 Å².